The molecule has 2 aromatic heterocycles. The molecule has 0 saturated heterocycles. The van der Waals surface area contributed by atoms with Gasteiger partial charge in [-0.2, -0.15) is 0 Å². The second kappa shape index (κ2) is 8.46. The van der Waals surface area contributed by atoms with Crippen LogP contribution in [0.4, 0.5) is 4.39 Å². The molecule has 152 valence electrons. The number of esters is 1. The Morgan fingerprint density at radius 1 is 1.20 bits per heavy atom. The summed E-state index contributed by atoms with van der Waals surface area (Å²) in [6, 6.07) is 12.7. The number of nitrogens with one attached hydrogen (secondary N) is 2. The van der Waals surface area contributed by atoms with Gasteiger partial charge in [0.2, 0.25) is 0 Å². The summed E-state index contributed by atoms with van der Waals surface area (Å²) in [4.78, 5) is 32.5. The van der Waals surface area contributed by atoms with E-state index in [-0.39, 0.29) is 17.9 Å². The highest BCUT2D eigenvalue weighted by Gasteiger charge is 2.25. The van der Waals surface area contributed by atoms with Crippen molar-refractivity contribution >= 4 is 34.1 Å². The van der Waals surface area contributed by atoms with Crippen LogP contribution in [0.5, 0.6) is 0 Å². The minimum Gasteiger partial charge on any atom is -0.467 e. The van der Waals surface area contributed by atoms with Crippen LogP contribution in [0, 0.1) is 5.82 Å². The molecule has 8 heteroatoms. The fourth-order valence-corrected chi connectivity index (χ4v) is 4.00. The lowest BCUT2D eigenvalue weighted by molar-refractivity contribution is -0.142. The number of fused-ring (bicyclic) bond motifs is 1. The van der Waals surface area contributed by atoms with Crippen LogP contribution >= 0.6 is 11.3 Å². The fraction of sp³-hybridized carbons (Fsp3) is 0.136. The van der Waals surface area contributed by atoms with Gasteiger partial charge in [0.25, 0.3) is 5.91 Å². The molecule has 2 N–H and O–H groups in total. The van der Waals surface area contributed by atoms with Crippen LogP contribution in [-0.2, 0) is 16.0 Å². The lowest BCUT2D eigenvalue weighted by Crippen LogP contribution is -2.43. The average Bonchev–Trinajstić information content (AvgIpc) is 3.41. The van der Waals surface area contributed by atoms with E-state index in [1.54, 1.807) is 17.5 Å². The Morgan fingerprint density at radius 3 is 2.73 bits per heavy atom. The first kappa shape index (κ1) is 19.8. The van der Waals surface area contributed by atoms with E-state index in [4.69, 9.17) is 4.74 Å². The molecule has 0 bridgehead atoms. The molecule has 4 aromatic rings. The molecule has 2 heterocycles. The van der Waals surface area contributed by atoms with Gasteiger partial charge in [-0.25, -0.2) is 14.2 Å². The number of carbonyl (C=O) groups is 2. The minimum absolute atomic E-state index is 0.187. The van der Waals surface area contributed by atoms with Crippen molar-refractivity contribution in [3.63, 3.8) is 0 Å². The number of hydrogen-bond acceptors (Lipinski definition) is 5. The first-order valence-electron chi connectivity index (χ1n) is 9.20. The van der Waals surface area contributed by atoms with E-state index in [0.717, 1.165) is 16.5 Å². The van der Waals surface area contributed by atoms with E-state index in [1.165, 1.54) is 30.6 Å². The Hall–Kier alpha value is -3.52. The van der Waals surface area contributed by atoms with Gasteiger partial charge < -0.3 is 15.0 Å². The molecule has 30 heavy (non-hydrogen) atoms. The molecule has 0 aliphatic heterocycles. The summed E-state index contributed by atoms with van der Waals surface area (Å²) in [5, 5.41) is 5.89. The molecular formula is C22H18FN3O3S. The predicted octanol–water partition coefficient (Wildman–Crippen LogP) is 3.94. The number of hydrogen-bond donors (Lipinski definition) is 2. The molecule has 0 fully saturated rings. The van der Waals surface area contributed by atoms with Crippen LogP contribution in [0.25, 0.3) is 21.5 Å². The number of para-hydroxylation sites is 1. The van der Waals surface area contributed by atoms with Crippen molar-refractivity contribution in [2.75, 3.05) is 7.11 Å². The van der Waals surface area contributed by atoms with Gasteiger partial charge in [0, 0.05) is 34.5 Å². The van der Waals surface area contributed by atoms with Crippen LogP contribution in [0.1, 0.15) is 16.1 Å². The first-order valence-corrected chi connectivity index (χ1v) is 10.1. The first-order chi connectivity index (χ1) is 14.5. The van der Waals surface area contributed by atoms with Gasteiger partial charge >= 0.3 is 5.97 Å². The molecule has 1 amide bonds. The topological polar surface area (TPSA) is 84.1 Å². The number of benzene rings is 2. The third-order valence-corrected chi connectivity index (χ3v) is 5.61. The Balaban J connectivity index is 1.53. The van der Waals surface area contributed by atoms with Gasteiger partial charge in [0.1, 0.15) is 22.6 Å². The van der Waals surface area contributed by atoms with Crippen molar-refractivity contribution in [3.05, 3.63) is 77.2 Å². The third kappa shape index (κ3) is 4.08. The molecule has 6 nitrogen and oxygen atoms in total. The molecule has 0 aliphatic carbocycles. The van der Waals surface area contributed by atoms with E-state index >= 15 is 0 Å². The predicted molar refractivity (Wildman–Crippen MR) is 113 cm³/mol. The summed E-state index contributed by atoms with van der Waals surface area (Å²) in [7, 11) is 1.28. The number of nitrogens with zero attached hydrogens (tertiary/aromatic N) is 1. The molecular weight excluding hydrogens is 405 g/mol. The Bertz CT molecular complexity index is 1200. The average molecular weight is 423 g/mol. The molecule has 0 spiro atoms. The van der Waals surface area contributed by atoms with Crippen molar-refractivity contribution < 1.29 is 18.7 Å². The second-order valence-corrected chi connectivity index (χ2v) is 7.52. The monoisotopic (exact) mass is 423 g/mol. The highest BCUT2D eigenvalue weighted by Crippen LogP contribution is 2.24. The summed E-state index contributed by atoms with van der Waals surface area (Å²) in [6.45, 7) is 0. The smallest absolute Gasteiger partial charge is 0.328 e. The molecule has 1 atom stereocenters. The second-order valence-electron chi connectivity index (χ2n) is 6.66. The number of aromatic amines is 1. The number of H-pyrrole nitrogens is 1. The van der Waals surface area contributed by atoms with E-state index in [9.17, 15) is 14.0 Å². The number of ether oxygens (including phenoxy) is 1. The maximum absolute atomic E-state index is 13.1. The summed E-state index contributed by atoms with van der Waals surface area (Å²) in [6.07, 6.45) is 2.10. The minimum atomic E-state index is -0.863. The normalized spacial score (nSPS) is 11.9. The van der Waals surface area contributed by atoms with E-state index < -0.39 is 17.9 Å². The number of aromatic nitrogens is 2. The van der Waals surface area contributed by atoms with E-state index in [1.807, 2.05) is 30.5 Å². The summed E-state index contributed by atoms with van der Waals surface area (Å²) < 4.78 is 18.0. The van der Waals surface area contributed by atoms with Gasteiger partial charge in [-0.1, -0.05) is 18.2 Å². The van der Waals surface area contributed by atoms with Gasteiger partial charge in [0.05, 0.1) is 7.11 Å². The zero-order valence-electron chi connectivity index (χ0n) is 16.0. The van der Waals surface area contributed by atoms with Crippen LogP contribution in [0.2, 0.25) is 0 Å². The zero-order valence-corrected chi connectivity index (χ0v) is 16.8. The number of carbonyl (C=O) groups excluding carboxylic acids is 2. The van der Waals surface area contributed by atoms with Gasteiger partial charge in [-0.15, -0.1) is 11.3 Å². The summed E-state index contributed by atoms with van der Waals surface area (Å²) in [5.74, 6) is -1.36. The number of thiazole rings is 1. The molecule has 0 radical (unpaired) electrons. The van der Waals surface area contributed by atoms with Crippen molar-refractivity contribution in [3.8, 4) is 10.6 Å². The van der Waals surface area contributed by atoms with Gasteiger partial charge in [0.15, 0.2) is 0 Å². The molecule has 0 unspecified atom stereocenters. The van der Waals surface area contributed by atoms with Crippen molar-refractivity contribution in [2.45, 2.75) is 12.5 Å². The van der Waals surface area contributed by atoms with Crippen LogP contribution in [0.3, 0.4) is 0 Å². The van der Waals surface area contributed by atoms with Gasteiger partial charge in [-0.05, 0) is 35.9 Å². The number of amides is 1. The zero-order chi connectivity index (χ0) is 21.1. The number of rotatable bonds is 6. The van der Waals surface area contributed by atoms with Gasteiger partial charge in [-0.3, -0.25) is 4.79 Å². The van der Waals surface area contributed by atoms with Crippen LogP contribution < -0.4 is 5.32 Å². The molecule has 0 saturated carbocycles. The van der Waals surface area contributed by atoms with Crippen molar-refractivity contribution in [1.82, 2.24) is 15.3 Å². The lowest BCUT2D eigenvalue weighted by atomic mass is 10.0. The SMILES string of the molecule is COC(=O)[C@@H](Cc1c[nH]c2ccccc12)NC(=O)c1csc(-c2ccc(F)cc2)n1. The highest BCUT2D eigenvalue weighted by molar-refractivity contribution is 7.13. The third-order valence-electron chi connectivity index (χ3n) is 4.72. The van der Waals surface area contributed by atoms with E-state index in [0.29, 0.717) is 10.6 Å². The van der Waals surface area contributed by atoms with Crippen molar-refractivity contribution in [2.24, 2.45) is 0 Å². The standard InChI is InChI=1S/C22H18FN3O3S/c1-29-22(28)18(10-14-11-24-17-5-3-2-4-16(14)17)25-20(27)19-12-30-21(26-19)13-6-8-15(23)9-7-13/h2-9,11-12,18,24H,10H2,1H3,(H,25,27)/t18-/m1/s1. The quantitative estimate of drug-likeness (QED) is 0.460. The van der Waals surface area contributed by atoms with Crippen molar-refractivity contribution in [1.29, 1.82) is 0 Å². The number of halogens is 1. The summed E-state index contributed by atoms with van der Waals surface area (Å²) >= 11 is 1.27. The largest absolute Gasteiger partial charge is 0.467 e. The lowest BCUT2D eigenvalue weighted by Gasteiger charge is -2.15. The molecule has 0 aliphatic rings. The van der Waals surface area contributed by atoms with E-state index in [2.05, 4.69) is 15.3 Å². The highest BCUT2D eigenvalue weighted by atomic mass is 32.1. The van der Waals surface area contributed by atoms with Crippen LogP contribution in [-0.4, -0.2) is 35.0 Å². The summed E-state index contributed by atoms with van der Waals surface area (Å²) in [5.41, 5.74) is 2.74. The molecule has 4 rings (SSSR count). The maximum atomic E-state index is 13.1. The maximum Gasteiger partial charge on any atom is 0.328 e. The Kier molecular flexibility index (Phi) is 5.58. The fourth-order valence-electron chi connectivity index (χ4n) is 3.19. The number of methoxy groups -OCH3 is 1. The van der Waals surface area contributed by atoms with Crippen LogP contribution in [0.15, 0.2) is 60.1 Å². The molecule has 2 aromatic carbocycles. The Labute approximate surface area is 175 Å². The Morgan fingerprint density at radius 2 is 1.97 bits per heavy atom.